The van der Waals surface area contributed by atoms with Crippen molar-refractivity contribution in [2.75, 3.05) is 13.1 Å². The maximum atomic E-state index is 9.73. The van der Waals surface area contributed by atoms with E-state index in [9.17, 15) is 5.21 Å². The highest BCUT2D eigenvalue weighted by atomic mass is 16.5. The highest BCUT2D eigenvalue weighted by Gasteiger charge is 2.21. The minimum absolute atomic E-state index is 0.479. The maximum Gasteiger partial charge on any atom is 0.230 e. The summed E-state index contributed by atoms with van der Waals surface area (Å²) >= 11 is 0. The third-order valence-corrected chi connectivity index (χ3v) is 4.65. The average molecular weight is 353 g/mol. The van der Waals surface area contributed by atoms with Gasteiger partial charge in [-0.05, 0) is 69.0 Å². The fourth-order valence-corrected chi connectivity index (χ4v) is 3.45. The van der Waals surface area contributed by atoms with Crippen LogP contribution in [0.2, 0.25) is 0 Å². The van der Waals surface area contributed by atoms with E-state index in [0.29, 0.717) is 11.7 Å². The zero-order chi connectivity index (χ0) is 18.5. The lowest BCUT2D eigenvalue weighted by molar-refractivity contribution is 0.300. The third kappa shape index (κ3) is 4.34. The Kier molecular flexibility index (Phi) is 5.76. The predicted octanol–water partition coefficient (Wildman–Crippen LogP) is 4.81. The van der Waals surface area contributed by atoms with E-state index in [1.165, 1.54) is 12.8 Å². The summed E-state index contributed by atoms with van der Waals surface area (Å²) in [4.78, 5) is 6.71. The van der Waals surface area contributed by atoms with Crippen LogP contribution in [0.4, 0.5) is 0 Å². The second-order valence-corrected chi connectivity index (χ2v) is 7.06. The summed E-state index contributed by atoms with van der Waals surface area (Å²) in [5, 5.41) is 13.3. The summed E-state index contributed by atoms with van der Waals surface area (Å²) in [6.45, 7) is 7.79. The van der Waals surface area contributed by atoms with Crippen molar-refractivity contribution in [3.63, 3.8) is 0 Å². The Balaban J connectivity index is 1.96. The normalized spacial score (nSPS) is 15.7. The Hall–Kier alpha value is -2.56. The van der Waals surface area contributed by atoms with Crippen LogP contribution in [0.5, 0.6) is 11.6 Å². The Morgan fingerprint density at radius 3 is 2.27 bits per heavy atom. The molecule has 1 aliphatic heterocycles. The Morgan fingerprint density at radius 2 is 1.65 bits per heavy atom. The Bertz CT molecular complexity index is 774. The summed E-state index contributed by atoms with van der Waals surface area (Å²) in [5.74, 6) is 1.76. The van der Waals surface area contributed by atoms with Gasteiger partial charge in [0.25, 0.3) is 0 Å². The van der Waals surface area contributed by atoms with Gasteiger partial charge in [0.2, 0.25) is 5.88 Å². The molecule has 0 spiro atoms. The molecule has 1 aromatic carbocycles. The van der Waals surface area contributed by atoms with Crippen LogP contribution in [0.15, 0.2) is 35.5 Å². The van der Waals surface area contributed by atoms with Crippen LogP contribution < -0.4 is 4.74 Å². The molecule has 5 heteroatoms. The van der Waals surface area contributed by atoms with Crippen LogP contribution in [0.25, 0.3) is 0 Å². The van der Waals surface area contributed by atoms with Gasteiger partial charge in [-0.25, -0.2) is 4.98 Å². The van der Waals surface area contributed by atoms with Crippen molar-refractivity contribution in [1.82, 2.24) is 9.88 Å². The molecule has 0 aliphatic carbocycles. The topological polar surface area (TPSA) is 58.0 Å². The minimum atomic E-state index is 0.479. The molecule has 0 saturated carbocycles. The van der Waals surface area contributed by atoms with Gasteiger partial charge in [0, 0.05) is 18.8 Å². The highest BCUT2D eigenvalue weighted by Crippen LogP contribution is 2.27. The monoisotopic (exact) mass is 353 g/mol. The first-order valence-electron chi connectivity index (χ1n) is 9.28. The zero-order valence-corrected chi connectivity index (χ0v) is 15.8. The van der Waals surface area contributed by atoms with Crippen molar-refractivity contribution in [1.29, 1.82) is 0 Å². The van der Waals surface area contributed by atoms with Gasteiger partial charge < -0.3 is 14.8 Å². The molecule has 1 aromatic heterocycles. The Labute approximate surface area is 155 Å². The molecule has 26 heavy (non-hydrogen) atoms. The second-order valence-electron chi connectivity index (χ2n) is 7.06. The lowest BCUT2D eigenvalue weighted by Crippen LogP contribution is -2.33. The van der Waals surface area contributed by atoms with Crippen molar-refractivity contribution < 1.29 is 9.94 Å². The third-order valence-electron chi connectivity index (χ3n) is 4.65. The van der Waals surface area contributed by atoms with E-state index in [0.717, 1.165) is 54.1 Å². The number of amidine groups is 1. The maximum absolute atomic E-state index is 9.73. The smallest absolute Gasteiger partial charge is 0.230 e. The van der Waals surface area contributed by atoms with E-state index in [1.54, 1.807) is 0 Å². The quantitative estimate of drug-likeness (QED) is 0.372. The van der Waals surface area contributed by atoms with Gasteiger partial charge >= 0.3 is 0 Å². The van der Waals surface area contributed by atoms with Crippen LogP contribution >= 0.6 is 0 Å². The SMILES string of the molecule is Cc1cc(C)cc(Oc2nc(C)ccc2/C(=N/O)N2CCCCCC2)c1. The van der Waals surface area contributed by atoms with E-state index >= 15 is 0 Å². The number of rotatable bonds is 3. The molecule has 2 aromatic rings. The van der Waals surface area contributed by atoms with E-state index < -0.39 is 0 Å². The summed E-state index contributed by atoms with van der Waals surface area (Å²) in [7, 11) is 0. The number of aryl methyl sites for hydroxylation is 3. The predicted molar refractivity (Wildman–Crippen MR) is 103 cm³/mol. The molecule has 1 aliphatic rings. The van der Waals surface area contributed by atoms with Gasteiger partial charge in [-0.2, -0.15) is 0 Å². The van der Waals surface area contributed by atoms with Gasteiger partial charge in [-0.1, -0.05) is 24.1 Å². The molecule has 0 radical (unpaired) electrons. The molecule has 2 heterocycles. The number of nitrogens with zero attached hydrogens (tertiary/aromatic N) is 3. The molecule has 0 bridgehead atoms. The lowest BCUT2D eigenvalue weighted by atomic mass is 10.1. The van der Waals surface area contributed by atoms with Crippen molar-refractivity contribution in [3.8, 4) is 11.6 Å². The number of pyridine rings is 1. The molecule has 138 valence electrons. The number of hydrogen-bond donors (Lipinski definition) is 1. The molecule has 5 nitrogen and oxygen atoms in total. The summed E-state index contributed by atoms with van der Waals surface area (Å²) in [6.07, 6.45) is 4.64. The molecule has 0 atom stereocenters. The summed E-state index contributed by atoms with van der Waals surface area (Å²) < 4.78 is 6.13. The van der Waals surface area contributed by atoms with Crippen LogP contribution in [0.3, 0.4) is 0 Å². The number of ether oxygens (including phenoxy) is 1. The van der Waals surface area contributed by atoms with E-state index in [2.05, 4.69) is 21.1 Å². The molecular formula is C21H27N3O2. The van der Waals surface area contributed by atoms with Crippen molar-refractivity contribution in [2.45, 2.75) is 46.5 Å². The fraction of sp³-hybridized carbons (Fsp3) is 0.429. The van der Waals surface area contributed by atoms with Gasteiger partial charge in [-0.3, -0.25) is 0 Å². The van der Waals surface area contributed by atoms with Crippen molar-refractivity contribution in [3.05, 3.63) is 52.7 Å². The molecule has 0 amide bonds. The molecule has 0 unspecified atom stereocenters. The largest absolute Gasteiger partial charge is 0.438 e. The van der Waals surface area contributed by atoms with E-state index in [-0.39, 0.29) is 0 Å². The summed E-state index contributed by atoms with van der Waals surface area (Å²) in [6, 6.07) is 9.94. The van der Waals surface area contributed by atoms with Crippen molar-refractivity contribution >= 4 is 5.84 Å². The average Bonchev–Trinajstić information content (AvgIpc) is 2.86. The van der Waals surface area contributed by atoms with E-state index in [4.69, 9.17) is 4.74 Å². The Morgan fingerprint density at radius 1 is 1.00 bits per heavy atom. The van der Waals surface area contributed by atoms with Crippen LogP contribution in [0, 0.1) is 20.8 Å². The standard InChI is InChI=1S/C21H27N3O2/c1-15-12-16(2)14-18(13-15)26-21-19(9-8-17(3)22-21)20(23-25)24-10-6-4-5-7-11-24/h8-9,12-14,25H,4-7,10-11H2,1-3H3/b23-20-. The molecule has 3 rings (SSSR count). The first-order valence-corrected chi connectivity index (χ1v) is 9.28. The van der Waals surface area contributed by atoms with Crippen LogP contribution in [-0.4, -0.2) is 34.0 Å². The van der Waals surface area contributed by atoms with Crippen molar-refractivity contribution in [2.24, 2.45) is 5.16 Å². The molecular weight excluding hydrogens is 326 g/mol. The molecule has 1 saturated heterocycles. The van der Waals surface area contributed by atoms with E-state index in [1.807, 2.05) is 45.0 Å². The number of benzene rings is 1. The number of hydrogen-bond acceptors (Lipinski definition) is 4. The first kappa shape index (κ1) is 18.2. The van der Waals surface area contributed by atoms with Crippen LogP contribution in [-0.2, 0) is 0 Å². The molecule has 1 N–H and O–H groups in total. The lowest BCUT2D eigenvalue weighted by Gasteiger charge is -2.24. The number of oxime groups is 1. The number of likely N-dealkylation sites (tertiary alicyclic amines) is 1. The highest BCUT2D eigenvalue weighted by molar-refractivity contribution is 6.00. The molecule has 1 fully saturated rings. The zero-order valence-electron chi connectivity index (χ0n) is 15.8. The minimum Gasteiger partial charge on any atom is -0.438 e. The first-order chi connectivity index (χ1) is 12.6. The van der Waals surface area contributed by atoms with Crippen LogP contribution in [0.1, 0.15) is 48.1 Å². The van der Waals surface area contributed by atoms with Gasteiger partial charge in [0.05, 0.1) is 5.56 Å². The van der Waals surface area contributed by atoms with Gasteiger partial charge in [0.15, 0.2) is 5.84 Å². The number of aromatic nitrogens is 1. The fourth-order valence-electron chi connectivity index (χ4n) is 3.45. The summed E-state index contributed by atoms with van der Waals surface area (Å²) in [5.41, 5.74) is 3.86. The van der Waals surface area contributed by atoms with Gasteiger partial charge in [-0.15, -0.1) is 0 Å². The van der Waals surface area contributed by atoms with Gasteiger partial charge in [0.1, 0.15) is 5.75 Å². The second kappa shape index (κ2) is 8.21.